The number of nitrogens with one attached hydrogen (secondary N) is 2. The number of urea groups is 1. The zero-order valence-corrected chi connectivity index (χ0v) is 12.5. The SMILES string of the molecule is O=C(NCc1cccc2cc[nH]c12)N1CCc2cc(F)ccc21. The fourth-order valence-corrected chi connectivity index (χ4v) is 3.14. The van der Waals surface area contributed by atoms with Gasteiger partial charge in [0, 0.05) is 25.0 Å². The number of H-pyrrole nitrogens is 1. The molecule has 0 unspecified atom stereocenters. The van der Waals surface area contributed by atoms with E-state index in [4.69, 9.17) is 0 Å². The Bertz CT molecular complexity index is 887. The van der Waals surface area contributed by atoms with Crippen molar-refractivity contribution in [1.82, 2.24) is 10.3 Å². The van der Waals surface area contributed by atoms with Crippen LogP contribution >= 0.6 is 0 Å². The van der Waals surface area contributed by atoms with Crippen molar-refractivity contribution in [2.45, 2.75) is 13.0 Å². The molecule has 2 aromatic carbocycles. The summed E-state index contributed by atoms with van der Waals surface area (Å²) in [5.74, 6) is -0.260. The van der Waals surface area contributed by atoms with E-state index in [0.717, 1.165) is 27.7 Å². The largest absolute Gasteiger partial charge is 0.361 e. The number of hydrogen-bond donors (Lipinski definition) is 2. The van der Waals surface area contributed by atoms with E-state index in [1.807, 2.05) is 30.5 Å². The van der Waals surface area contributed by atoms with E-state index >= 15 is 0 Å². The summed E-state index contributed by atoms with van der Waals surface area (Å²) >= 11 is 0. The van der Waals surface area contributed by atoms with Crippen molar-refractivity contribution in [3.8, 4) is 0 Å². The second-order valence-electron chi connectivity index (χ2n) is 5.69. The number of para-hydroxylation sites is 1. The van der Waals surface area contributed by atoms with Crippen molar-refractivity contribution in [2.75, 3.05) is 11.4 Å². The Kier molecular flexibility index (Phi) is 3.26. The van der Waals surface area contributed by atoms with Gasteiger partial charge in [-0.1, -0.05) is 18.2 Å². The molecule has 2 heterocycles. The van der Waals surface area contributed by atoms with Gasteiger partial charge in [-0.15, -0.1) is 0 Å². The molecular weight excluding hydrogens is 293 g/mol. The van der Waals surface area contributed by atoms with Gasteiger partial charge in [-0.2, -0.15) is 0 Å². The van der Waals surface area contributed by atoms with Gasteiger partial charge in [-0.3, -0.25) is 4.90 Å². The Morgan fingerprint density at radius 2 is 2.17 bits per heavy atom. The Hall–Kier alpha value is -2.82. The molecule has 2 N–H and O–H groups in total. The molecule has 4 rings (SSSR count). The monoisotopic (exact) mass is 309 g/mol. The number of nitrogens with zero attached hydrogens (tertiary/aromatic N) is 1. The molecule has 0 saturated carbocycles. The number of carbonyl (C=O) groups excluding carboxylic acids is 1. The molecule has 0 atom stereocenters. The Balaban J connectivity index is 1.50. The molecule has 116 valence electrons. The maximum absolute atomic E-state index is 13.3. The van der Waals surface area contributed by atoms with Crippen LogP contribution in [0.1, 0.15) is 11.1 Å². The molecule has 1 aromatic heterocycles. The van der Waals surface area contributed by atoms with E-state index in [1.165, 1.54) is 12.1 Å². The van der Waals surface area contributed by atoms with E-state index in [1.54, 1.807) is 11.0 Å². The van der Waals surface area contributed by atoms with Gasteiger partial charge in [-0.05, 0) is 47.2 Å². The van der Waals surface area contributed by atoms with Gasteiger partial charge < -0.3 is 10.3 Å². The van der Waals surface area contributed by atoms with E-state index in [2.05, 4.69) is 10.3 Å². The van der Waals surface area contributed by atoms with Crippen molar-refractivity contribution in [2.24, 2.45) is 0 Å². The van der Waals surface area contributed by atoms with Crippen LogP contribution < -0.4 is 10.2 Å². The third-order valence-corrected chi connectivity index (χ3v) is 4.29. The first-order valence-electron chi connectivity index (χ1n) is 7.61. The van der Waals surface area contributed by atoms with Crippen molar-refractivity contribution in [3.63, 3.8) is 0 Å². The Labute approximate surface area is 132 Å². The summed E-state index contributed by atoms with van der Waals surface area (Å²) in [6.07, 6.45) is 2.58. The molecule has 0 bridgehead atoms. The van der Waals surface area contributed by atoms with Crippen LogP contribution in [0.4, 0.5) is 14.9 Å². The quantitative estimate of drug-likeness (QED) is 0.747. The zero-order valence-electron chi connectivity index (χ0n) is 12.5. The lowest BCUT2D eigenvalue weighted by Crippen LogP contribution is -2.38. The molecule has 0 radical (unpaired) electrons. The minimum absolute atomic E-state index is 0.154. The van der Waals surface area contributed by atoms with E-state index < -0.39 is 0 Å². The number of rotatable bonds is 2. The van der Waals surface area contributed by atoms with Crippen LogP contribution in [-0.4, -0.2) is 17.6 Å². The van der Waals surface area contributed by atoms with Gasteiger partial charge in [-0.25, -0.2) is 9.18 Å². The molecule has 0 fully saturated rings. The first-order chi connectivity index (χ1) is 11.2. The first kappa shape index (κ1) is 13.8. The molecule has 5 heteroatoms. The van der Waals surface area contributed by atoms with Gasteiger partial charge in [0.1, 0.15) is 5.82 Å². The number of amides is 2. The molecular formula is C18H16FN3O. The average Bonchev–Trinajstić information content (AvgIpc) is 3.18. The molecule has 3 aromatic rings. The summed E-state index contributed by atoms with van der Waals surface area (Å²) in [7, 11) is 0. The predicted octanol–water partition coefficient (Wildman–Crippen LogP) is 3.58. The maximum Gasteiger partial charge on any atom is 0.322 e. The summed E-state index contributed by atoms with van der Waals surface area (Å²) in [6.45, 7) is 1.03. The predicted molar refractivity (Wildman–Crippen MR) is 88.0 cm³/mol. The smallest absolute Gasteiger partial charge is 0.322 e. The van der Waals surface area contributed by atoms with Crippen molar-refractivity contribution in [1.29, 1.82) is 0 Å². The lowest BCUT2D eigenvalue weighted by Gasteiger charge is -2.18. The third-order valence-electron chi connectivity index (χ3n) is 4.29. The van der Waals surface area contributed by atoms with Crippen molar-refractivity contribution >= 4 is 22.6 Å². The minimum Gasteiger partial charge on any atom is -0.361 e. The molecule has 0 spiro atoms. The normalized spacial score (nSPS) is 13.3. The van der Waals surface area contributed by atoms with Crippen LogP contribution in [0.5, 0.6) is 0 Å². The topological polar surface area (TPSA) is 48.1 Å². The highest BCUT2D eigenvalue weighted by Gasteiger charge is 2.24. The lowest BCUT2D eigenvalue weighted by atomic mass is 10.1. The maximum atomic E-state index is 13.3. The van der Waals surface area contributed by atoms with Crippen LogP contribution in [0.25, 0.3) is 10.9 Å². The van der Waals surface area contributed by atoms with E-state index in [-0.39, 0.29) is 11.8 Å². The second-order valence-corrected chi connectivity index (χ2v) is 5.69. The molecule has 4 nitrogen and oxygen atoms in total. The number of fused-ring (bicyclic) bond motifs is 2. The molecule has 1 aliphatic heterocycles. The summed E-state index contributed by atoms with van der Waals surface area (Å²) in [6, 6.07) is 12.4. The number of halogens is 1. The molecule has 2 amide bonds. The summed E-state index contributed by atoms with van der Waals surface area (Å²) in [4.78, 5) is 17.3. The first-order valence-corrected chi connectivity index (χ1v) is 7.61. The van der Waals surface area contributed by atoms with Gasteiger partial charge in [0.25, 0.3) is 0 Å². The summed E-state index contributed by atoms with van der Waals surface area (Å²) in [5, 5.41) is 4.08. The van der Waals surface area contributed by atoms with Crippen LogP contribution in [-0.2, 0) is 13.0 Å². The third kappa shape index (κ3) is 2.44. The standard InChI is InChI=1S/C18H16FN3O/c19-15-4-5-16-13(10-15)7-9-22(16)18(23)21-11-14-3-1-2-12-6-8-20-17(12)14/h1-6,8,10,20H,7,9,11H2,(H,21,23). The summed E-state index contributed by atoms with van der Waals surface area (Å²) < 4.78 is 13.3. The zero-order chi connectivity index (χ0) is 15.8. The Morgan fingerprint density at radius 3 is 3.09 bits per heavy atom. The number of carbonyl (C=O) groups is 1. The minimum atomic E-state index is -0.260. The van der Waals surface area contributed by atoms with E-state index in [9.17, 15) is 9.18 Å². The fraction of sp³-hybridized carbons (Fsp3) is 0.167. The van der Waals surface area contributed by atoms with E-state index in [0.29, 0.717) is 19.5 Å². The second kappa shape index (κ2) is 5.43. The van der Waals surface area contributed by atoms with Crippen LogP contribution in [0, 0.1) is 5.82 Å². The number of anilines is 1. The van der Waals surface area contributed by atoms with Crippen molar-refractivity contribution in [3.05, 3.63) is 65.6 Å². The fourth-order valence-electron chi connectivity index (χ4n) is 3.14. The van der Waals surface area contributed by atoms with Gasteiger partial charge in [0.15, 0.2) is 0 Å². The van der Waals surface area contributed by atoms with Gasteiger partial charge in [0.05, 0.1) is 5.52 Å². The molecule has 0 aliphatic carbocycles. The molecule has 0 saturated heterocycles. The number of benzene rings is 2. The molecule has 1 aliphatic rings. The lowest BCUT2D eigenvalue weighted by molar-refractivity contribution is 0.246. The van der Waals surface area contributed by atoms with Crippen LogP contribution in [0.2, 0.25) is 0 Å². The summed E-state index contributed by atoms with van der Waals surface area (Å²) in [5.41, 5.74) is 3.75. The Morgan fingerprint density at radius 1 is 1.26 bits per heavy atom. The van der Waals surface area contributed by atoms with Crippen LogP contribution in [0.3, 0.4) is 0 Å². The number of aromatic amines is 1. The number of hydrogen-bond acceptors (Lipinski definition) is 1. The average molecular weight is 309 g/mol. The van der Waals surface area contributed by atoms with Gasteiger partial charge >= 0.3 is 6.03 Å². The molecule has 23 heavy (non-hydrogen) atoms. The highest BCUT2D eigenvalue weighted by molar-refractivity contribution is 5.94. The van der Waals surface area contributed by atoms with Crippen molar-refractivity contribution < 1.29 is 9.18 Å². The van der Waals surface area contributed by atoms with Crippen LogP contribution in [0.15, 0.2) is 48.7 Å². The number of aromatic nitrogens is 1. The highest BCUT2D eigenvalue weighted by Crippen LogP contribution is 2.28. The highest BCUT2D eigenvalue weighted by atomic mass is 19.1. The van der Waals surface area contributed by atoms with Gasteiger partial charge in [0.2, 0.25) is 0 Å².